The Labute approximate surface area is 216 Å². The minimum atomic E-state index is -1.21. The molecular weight excluding hydrogens is 466 g/mol. The number of ether oxygens (including phenoxy) is 1. The number of guanidine groups is 1. The van der Waals surface area contributed by atoms with E-state index in [-0.39, 0.29) is 29.8 Å². The summed E-state index contributed by atoms with van der Waals surface area (Å²) in [5.74, 6) is 0.0176. The molecule has 2 amide bonds. The molecule has 4 N–H and O–H groups in total. The second kappa shape index (κ2) is 9.71. The Bertz CT molecular complexity index is 1350. The van der Waals surface area contributed by atoms with Gasteiger partial charge in [0.05, 0.1) is 0 Å². The summed E-state index contributed by atoms with van der Waals surface area (Å²) < 4.78 is 6.45. The van der Waals surface area contributed by atoms with Crippen molar-refractivity contribution in [2.24, 2.45) is 16.6 Å². The van der Waals surface area contributed by atoms with E-state index < -0.39 is 5.54 Å². The summed E-state index contributed by atoms with van der Waals surface area (Å²) >= 11 is 0. The smallest absolute Gasteiger partial charge is 0.259 e. The van der Waals surface area contributed by atoms with E-state index in [1.807, 2.05) is 86.6 Å². The average molecular weight is 498 g/mol. The molecular formula is C29H31N5O3. The second-order valence-electron chi connectivity index (χ2n) is 9.80. The maximum absolute atomic E-state index is 13.4. The van der Waals surface area contributed by atoms with Crippen LogP contribution in [0.3, 0.4) is 0 Å². The molecule has 190 valence electrons. The van der Waals surface area contributed by atoms with Gasteiger partial charge in [-0.3, -0.25) is 14.9 Å². The third-order valence-corrected chi connectivity index (χ3v) is 7.09. The van der Waals surface area contributed by atoms with Gasteiger partial charge in [0.25, 0.3) is 11.8 Å². The minimum Gasteiger partial charge on any atom is -0.485 e. The lowest BCUT2D eigenvalue weighted by molar-refractivity contribution is -0.128. The van der Waals surface area contributed by atoms with Crippen molar-refractivity contribution in [3.63, 3.8) is 0 Å². The number of fused-ring (bicyclic) bond motifs is 2. The first-order valence-electron chi connectivity index (χ1n) is 12.4. The van der Waals surface area contributed by atoms with Crippen LogP contribution in [0.25, 0.3) is 11.1 Å². The molecule has 0 aromatic heterocycles. The number of benzene rings is 3. The van der Waals surface area contributed by atoms with Gasteiger partial charge in [-0.2, -0.15) is 0 Å². The molecule has 3 atom stereocenters. The monoisotopic (exact) mass is 497 g/mol. The number of nitrogens with two attached hydrogens (primary N) is 1. The van der Waals surface area contributed by atoms with E-state index in [2.05, 4.69) is 15.6 Å². The summed E-state index contributed by atoms with van der Waals surface area (Å²) in [6.07, 6.45) is -0.370. The SMILES string of the molecule is CC1[C@H](c2ccccc2)Oc2ccc(-c3ccc(C(=O)NCCN(C)C)cc3)cc2[C@]12N=C(N)NC2=O. The van der Waals surface area contributed by atoms with Crippen LogP contribution in [0.4, 0.5) is 0 Å². The minimum absolute atomic E-state index is 0.103. The van der Waals surface area contributed by atoms with Crippen LogP contribution < -0.4 is 21.1 Å². The van der Waals surface area contributed by atoms with Gasteiger partial charge in [-0.15, -0.1) is 0 Å². The fraction of sp³-hybridized carbons (Fsp3) is 0.276. The Morgan fingerprint density at radius 1 is 1.08 bits per heavy atom. The molecule has 3 aromatic carbocycles. The number of hydrogen-bond acceptors (Lipinski definition) is 6. The van der Waals surface area contributed by atoms with Crippen molar-refractivity contribution in [1.29, 1.82) is 0 Å². The summed E-state index contributed by atoms with van der Waals surface area (Å²) in [6.45, 7) is 3.32. The normalized spacial score (nSPS) is 22.3. The van der Waals surface area contributed by atoms with Gasteiger partial charge in [0, 0.05) is 30.1 Å². The first-order valence-corrected chi connectivity index (χ1v) is 12.4. The van der Waals surface area contributed by atoms with Crippen molar-refractivity contribution in [2.75, 3.05) is 27.2 Å². The lowest BCUT2D eigenvalue weighted by atomic mass is 9.72. The van der Waals surface area contributed by atoms with Crippen molar-refractivity contribution >= 4 is 17.8 Å². The lowest BCUT2D eigenvalue weighted by Crippen LogP contribution is -2.48. The second-order valence-corrected chi connectivity index (χ2v) is 9.80. The van der Waals surface area contributed by atoms with E-state index in [1.54, 1.807) is 12.1 Å². The zero-order valence-corrected chi connectivity index (χ0v) is 21.2. The van der Waals surface area contributed by atoms with Gasteiger partial charge < -0.3 is 20.7 Å². The van der Waals surface area contributed by atoms with Gasteiger partial charge in [-0.05, 0) is 55.1 Å². The summed E-state index contributed by atoms with van der Waals surface area (Å²) in [7, 11) is 3.93. The highest BCUT2D eigenvalue weighted by atomic mass is 16.5. The number of carbonyl (C=O) groups excluding carboxylic acids is 2. The van der Waals surface area contributed by atoms with Crippen LogP contribution in [0.1, 0.15) is 34.5 Å². The molecule has 2 aliphatic rings. The molecule has 0 aliphatic carbocycles. The van der Waals surface area contributed by atoms with Gasteiger partial charge in [-0.25, -0.2) is 4.99 Å². The van der Waals surface area contributed by atoms with Crippen molar-refractivity contribution in [2.45, 2.75) is 18.6 Å². The standard InChI is InChI=1S/C29H31N5O3/c1-18-25(20-7-5-4-6-8-20)37-24-14-13-22(17-23(24)29(18)27(36)32-28(30)33-29)19-9-11-21(12-10-19)26(35)31-15-16-34(2)3/h4-14,17-18,25H,15-16H2,1-3H3,(H,31,35)(H3,30,32,33,36)/t18?,25-,29-/m1/s1. The number of nitrogens with one attached hydrogen (secondary N) is 2. The Morgan fingerprint density at radius 2 is 1.78 bits per heavy atom. The van der Waals surface area contributed by atoms with Crippen molar-refractivity contribution in [3.05, 3.63) is 89.5 Å². The van der Waals surface area contributed by atoms with Gasteiger partial charge in [0.1, 0.15) is 11.9 Å². The fourth-order valence-corrected chi connectivity index (χ4v) is 5.09. The predicted molar refractivity (Wildman–Crippen MR) is 143 cm³/mol. The summed E-state index contributed by atoms with van der Waals surface area (Å²) in [6, 6.07) is 23.0. The molecule has 8 nitrogen and oxygen atoms in total. The lowest BCUT2D eigenvalue weighted by Gasteiger charge is -2.42. The predicted octanol–water partition coefficient (Wildman–Crippen LogP) is 3.05. The van der Waals surface area contributed by atoms with Crippen LogP contribution in [0.5, 0.6) is 5.75 Å². The van der Waals surface area contributed by atoms with E-state index in [4.69, 9.17) is 10.5 Å². The number of carbonyl (C=O) groups is 2. The van der Waals surface area contributed by atoms with Crippen LogP contribution in [0.2, 0.25) is 0 Å². The molecule has 0 radical (unpaired) electrons. The van der Waals surface area contributed by atoms with Crippen LogP contribution >= 0.6 is 0 Å². The van der Waals surface area contributed by atoms with Crippen molar-refractivity contribution in [1.82, 2.24) is 15.5 Å². The quantitative estimate of drug-likeness (QED) is 0.485. The highest BCUT2D eigenvalue weighted by molar-refractivity contribution is 6.08. The number of nitrogens with zero attached hydrogens (tertiary/aromatic N) is 2. The molecule has 3 aromatic rings. The molecule has 1 spiro atoms. The molecule has 0 saturated heterocycles. The summed E-state index contributed by atoms with van der Waals surface area (Å²) in [5.41, 5.74) is 8.84. The molecule has 2 heterocycles. The van der Waals surface area contributed by atoms with Crippen LogP contribution in [-0.2, 0) is 10.3 Å². The Morgan fingerprint density at radius 3 is 2.43 bits per heavy atom. The van der Waals surface area contributed by atoms with Crippen LogP contribution in [0, 0.1) is 5.92 Å². The summed E-state index contributed by atoms with van der Waals surface area (Å²) in [5, 5.41) is 5.64. The summed E-state index contributed by atoms with van der Waals surface area (Å²) in [4.78, 5) is 32.6. The Hall–Kier alpha value is -4.17. The largest absolute Gasteiger partial charge is 0.485 e. The zero-order valence-electron chi connectivity index (χ0n) is 21.2. The molecule has 0 bridgehead atoms. The van der Waals surface area contributed by atoms with Gasteiger partial charge in [0.15, 0.2) is 11.5 Å². The van der Waals surface area contributed by atoms with Crippen LogP contribution in [0.15, 0.2) is 77.8 Å². The van der Waals surface area contributed by atoms with Gasteiger partial charge >= 0.3 is 0 Å². The third-order valence-electron chi connectivity index (χ3n) is 7.09. The molecule has 1 unspecified atom stereocenters. The molecule has 2 aliphatic heterocycles. The third kappa shape index (κ3) is 4.44. The Kier molecular flexibility index (Phi) is 6.43. The number of amides is 2. The van der Waals surface area contributed by atoms with E-state index in [0.717, 1.165) is 23.2 Å². The first kappa shape index (κ1) is 24.5. The zero-order chi connectivity index (χ0) is 26.2. The van der Waals surface area contributed by atoms with E-state index in [0.29, 0.717) is 23.4 Å². The van der Waals surface area contributed by atoms with E-state index >= 15 is 0 Å². The molecule has 8 heteroatoms. The topological polar surface area (TPSA) is 109 Å². The molecule has 0 saturated carbocycles. The number of rotatable bonds is 6. The maximum Gasteiger partial charge on any atom is 0.259 e. The fourth-order valence-electron chi connectivity index (χ4n) is 5.09. The van der Waals surface area contributed by atoms with Gasteiger partial charge in [0.2, 0.25) is 0 Å². The Balaban J connectivity index is 1.49. The molecule has 37 heavy (non-hydrogen) atoms. The highest BCUT2D eigenvalue weighted by Crippen LogP contribution is 2.52. The van der Waals surface area contributed by atoms with Crippen molar-refractivity contribution in [3.8, 4) is 16.9 Å². The number of likely N-dealkylation sites (N-methyl/N-ethyl adjacent to an activating group) is 1. The van der Waals surface area contributed by atoms with Crippen LogP contribution in [-0.4, -0.2) is 49.9 Å². The average Bonchev–Trinajstić information content (AvgIpc) is 3.20. The molecule has 0 fully saturated rings. The number of hydrogen-bond donors (Lipinski definition) is 3. The highest BCUT2D eigenvalue weighted by Gasteiger charge is 2.56. The molecule has 5 rings (SSSR count). The maximum atomic E-state index is 13.4. The van der Waals surface area contributed by atoms with Gasteiger partial charge in [-0.1, -0.05) is 55.5 Å². The first-order chi connectivity index (χ1) is 17.8. The number of aliphatic imine (C=N–C) groups is 1. The van der Waals surface area contributed by atoms with E-state index in [1.165, 1.54) is 0 Å². The van der Waals surface area contributed by atoms with E-state index in [9.17, 15) is 9.59 Å². The van der Waals surface area contributed by atoms with Crippen molar-refractivity contribution < 1.29 is 14.3 Å².